The summed E-state index contributed by atoms with van der Waals surface area (Å²) in [7, 11) is 0. The van der Waals surface area contributed by atoms with Crippen molar-refractivity contribution in [3.8, 4) is 78.4 Å². The molecule has 0 aliphatic heterocycles. The van der Waals surface area contributed by atoms with Crippen molar-refractivity contribution in [1.29, 1.82) is 0 Å². The summed E-state index contributed by atoms with van der Waals surface area (Å²) in [6.45, 7) is 0. The molecule has 274 valence electrons. The summed E-state index contributed by atoms with van der Waals surface area (Å²) >= 11 is 0. The first-order valence-electron chi connectivity index (χ1n) is 20.3. The lowest BCUT2D eigenvalue weighted by molar-refractivity contribution is 0.801. The van der Waals surface area contributed by atoms with Gasteiger partial charge in [0.25, 0.3) is 0 Å². The van der Waals surface area contributed by atoms with Crippen LogP contribution in [0.3, 0.4) is 0 Å². The molecule has 0 N–H and O–H groups in total. The second-order valence-electron chi connectivity index (χ2n) is 15.6. The van der Waals surface area contributed by atoms with Crippen molar-refractivity contribution >= 4 is 10.8 Å². The van der Waals surface area contributed by atoms with Crippen molar-refractivity contribution in [3.63, 3.8) is 0 Å². The molecule has 2 aliphatic carbocycles. The SMILES string of the molecule is c1ccc(-c2cc(-c3ccccc3)nc(-c3ccc(-c4ccc(-c5cc6ccccc6c6c5-c5ccccc5C65c6ccccc6-c6ccccc65)cc4)cc3)n2)cc1. The molecule has 1 aromatic heterocycles. The molecule has 0 fully saturated rings. The Hall–Kier alpha value is -7.68. The number of aromatic nitrogens is 2. The van der Waals surface area contributed by atoms with Gasteiger partial charge in [0, 0.05) is 16.7 Å². The van der Waals surface area contributed by atoms with Crippen LogP contribution in [0, 0.1) is 0 Å². The molecule has 0 saturated carbocycles. The molecule has 10 aromatic rings. The van der Waals surface area contributed by atoms with Crippen molar-refractivity contribution in [2.24, 2.45) is 0 Å². The predicted octanol–water partition coefficient (Wildman–Crippen LogP) is 14.3. The molecule has 0 unspecified atom stereocenters. The fraction of sp³-hybridized carbons (Fsp3) is 0.0175. The van der Waals surface area contributed by atoms with E-state index < -0.39 is 5.41 Å². The minimum Gasteiger partial charge on any atom is -0.228 e. The van der Waals surface area contributed by atoms with Gasteiger partial charge in [-0.25, -0.2) is 9.97 Å². The third kappa shape index (κ3) is 5.06. The largest absolute Gasteiger partial charge is 0.228 e. The minimum atomic E-state index is -0.414. The number of fused-ring (bicyclic) bond motifs is 12. The average Bonchev–Trinajstić information content (AvgIpc) is 3.80. The molecule has 9 aromatic carbocycles. The van der Waals surface area contributed by atoms with E-state index in [1.54, 1.807) is 0 Å². The van der Waals surface area contributed by atoms with Crippen LogP contribution in [0.1, 0.15) is 22.3 Å². The maximum Gasteiger partial charge on any atom is 0.160 e. The Balaban J connectivity index is 0.969. The van der Waals surface area contributed by atoms with E-state index in [-0.39, 0.29) is 0 Å². The molecular formula is C57H36N2. The van der Waals surface area contributed by atoms with Crippen LogP contribution >= 0.6 is 0 Å². The molecule has 0 radical (unpaired) electrons. The quantitative estimate of drug-likeness (QED) is 0.175. The fourth-order valence-corrected chi connectivity index (χ4v) is 9.95. The number of hydrogen-bond acceptors (Lipinski definition) is 2. The van der Waals surface area contributed by atoms with Crippen LogP contribution in [0.4, 0.5) is 0 Å². The zero-order valence-electron chi connectivity index (χ0n) is 32.2. The summed E-state index contributed by atoms with van der Waals surface area (Å²) in [4.78, 5) is 10.1. The van der Waals surface area contributed by atoms with Gasteiger partial charge in [-0.2, -0.15) is 0 Å². The van der Waals surface area contributed by atoms with E-state index in [1.165, 1.54) is 66.4 Å². The Morgan fingerprint density at radius 1 is 0.305 bits per heavy atom. The summed E-state index contributed by atoms with van der Waals surface area (Å²) in [5.74, 6) is 0.711. The summed E-state index contributed by atoms with van der Waals surface area (Å²) < 4.78 is 0. The Labute approximate surface area is 343 Å². The third-order valence-corrected chi connectivity index (χ3v) is 12.5. The lowest BCUT2D eigenvalue weighted by Crippen LogP contribution is -2.26. The molecule has 0 saturated heterocycles. The number of benzene rings is 9. The normalized spacial score (nSPS) is 12.9. The Morgan fingerprint density at radius 2 is 0.746 bits per heavy atom. The second kappa shape index (κ2) is 13.2. The van der Waals surface area contributed by atoms with Gasteiger partial charge in [-0.15, -0.1) is 0 Å². The predicted molar refractivity (Wildman–Crippen MR) is 243 cm³/mol. The first-order valence-corrected chi connectivity index (χ1v) is 20.3. The molecule has 2 nitrogen and oxygen atoms in total. The monoisotopic (exact) mass is 748 g/mol. The third-order valence-electron chi connectivity index (χ3n) is 12.5. The Morgan fingerprint density at radius 3 is 1.32 bits per heavy atom. The topological polar surface area (TPSA) is 25.8 Å². The fourth-order valence-electron chi connectivity index (χ4n) is 9.95. The standard InChI is InChI=1S/C57H36N2/c1-3-15-40(16-4-1)52-36-53(41-17-5-2-6-18-41)59-56(58-52)42-33-29-38(30-34-42)37-27-31-39(32-28-37)48-35-43-19-7-8-20-44(43)55-54(48)47-23-11-14-26-51(47)57(55)49-24-12-9-21-45(49)46-22-10-13-25-50(46)57/h1-36H. The minimum absolute atomic E-state index is 0.414. The molecule has 0 bridgehead atoms. The van der Waals surface area contributed by atoms with Gasteiger partial charge in [0.15, 0.2) is 5.82 Å². The van der Waals surface area contributed by atoms with Crippen LogP contribution in [0.15, 0.2) is 218 Å². The van der Waals surface area contributed by atoms with E-state index in [9.17, 15) is 0 Å². The van der Waals surface area contributed by atoms with Gasteiger partial charge in [-0.05, 0) is 89.7 Å². The Kier molecular flexibility index (Phi) is 7.48. The van der Waals surface area contributed by atoms with E-state index >= 15 is 0 Å². The van der Waals surface area contributed by atoms with Crippen molar-refractivity contribution in [1.82, 2.24) is 9.97 Å². The summed E-state index contributed by atoms with van der Waals surface area (Å²) in [6.07, 6.45) is 0. The number of rotatable bonds is 5. The van der Waals surface area contributed by atoms with Crippen molar-refractivity contribution < 1.29 is 0 Å². The zero-order valence-corrected chi connectivity index (χ0v) is 32.2. The number of hydrogen-bond donors (Lipinski definition) is 0. The van der Waals surface area contributed by atoms with Gasteiger partial charge in [0.05, 0.1) is 16.8 Å². The highest BCUT2D eigenvalue weighted by molar-refractivity contribution is 6.09. The molecule has 0 amide bonds. The van der Waals surface area contributed by atoms with Crippen LogP contribution < -0.4 is 0 Å². The highest BCUT2D eigenvalue weighted by atomic mass is 14.9. The molecule has 0 atom stereocenters. The van der Waals surface area contributed by atoms with E-state index in [2.05, 4.69) is 206 Å². The number of nitrogens with zero attached hydrogens (tertiary/aromatic N) is 2. The molecule has 1 spiro atoms. The maximum atomic E-state index is 5.05. The summed E-state index contributed by atoms with van der Waals surface area (Å²) in [6, 6.07) is 79.2. The first kappa shape index (κ1) is 33.5. The summed E-state index contributed by atoms with van der Waals surface area (Å²) in [5, 5.41) is 2.56. The highest BCUT2D eigenvalue weighted by Gasteiger charge is 2.52. The van der Waals surface area contributed by atoms with Gasteiger partial charge in [-0.3, -0.25) is 0 Å². The molecular weight excluding hydrogens is 713 g/mol. The molecule has 1 heterocycles. The zero-order chi connectivity index (χ0) is 38.9. The van der Waals surface area contributed by atoms with E-state index in [4.69, 9.17) is 9.97 Å². The van der Waals surface area contributed by atoms with Gasteiger partial charge in [-0.1, -0.05) is 206 Å². The van der Waals surface area contributed by atoms with Gasteiger partial charge >= 0.3 is 0 Å². The van der Waals surface area contributed by atoms with Crippen molar-refractivity contribution in [2.45, 2.75) is 5.41 Å². The van der Waals surface area contributed by atoms with Crippen molar-refractivity contribution in [2.75, 3.05) is 0 Å². The highest BCUT2D eigenvalue weighted by Crippen LogP contribution is 2.65. The lowest BCUT2D eigenvalue weighted by atomic mass is 9.69. The van der Waals surface area contributed by atoms with Crippen molar-refractivity contribution in [3.05, 3.63) is 241 Å². The van der Waals surface area contributed by atoms with E-state index in [1.807, 2.05) is 12.1 Å². The van der Waals surface area contributed by atoms with Gasteiger partial charge in [0.1, 0.15) is 0 Å². The Bertz CT molecular complexity index is 3130. The van der Waals surface area contributed by atoms with E-state index in [0.717, 1.165) is 39.2 Å². The van der Waals surface area contributed by atoms with Gasteiger partial charge in [0.2, 0.25) is 0 Å². The van der Waals surface area contributed by atoms with Crippen LogP contribution in [0.25, 0.3) is 89.2 Å². The van der Waals surface area contributed by atoms with Crippen LogP contribution in [-0.4, -0.2) is 9.97 Å². The molecule has 59 heavy (non-hydrogen) atoms. The summed E-state index contributed by atoms with van der Waals surface area (Å²) in [5.41, 5.74) is 20.0. The van der Waals surface area contributed by atoms with Gasteiger partial charge < -0.3 is 0 Å². The molecule has 2 aliphatic rings. The van der Waals surface area contributed by atoms with E-state index in [0.29, 0.717) is 5.82 Å². The smallest absolute Gasteiger partial charge is 0.160 e. The van der Waals surface area contributed by atoms with Crippen LogP contribution in [0.5, 0.6) is 0 Å². The average molecular weight is 749 g/mol. The van der Waals surface area contributed by atoms with Crippen LogP contribution in [0.2, 0.25) is 0 Å². The molecule has 12 rings (SSSR count). The second-order valence-corrected chi connectivity index (χ2v) is 15.6. The lowest BCUT2D eigenvalue weighted by Gasteiger charge is -2.31. The van der Waals surface area contributed by atoms with Crippen LogP contribution in [-0.2, 0) is 5.41 Å². The first-order chi connectivity index (χ1) is 29.3. The molecule has 2 heteroatoms. The maximum absolute atomic E-state index is 5.05.